The summed E-state index contributed by atoms with van der Waals surface area (Å²) >= 11 is 0. The Morgan fingerprint density at radius 2 is 1.77 bits per heavy atom. The second kappa shape index (κ2) is 8.37. The highest BCUT2D eigenvalue weighted by Crippen LogP contribution is 2.48. The third-order valence-electron chi connectivity index (χ3n) is 6.62. The maximum atomic E-state index is 14.0. The fourth-order valence-corrected chi connectivity index (χ4v) is 6.44. The highest BCUT2D eigenvalue weighted by molar-refractivity contribution is 7.90. The molecule has 5 nitrogen and oxygen atoms in total. The number of aromatic nitrogens is 1. The van der Waals surface area contributed by atoms with Gasteiger partial charge < -0.3 is 10.0 Å². The molecule has 0 aliphatic carbocycles. The zero-order valence-corrected chi connectivity index (χ0v) is 18.8. The van der Waals surface area contributed by atoms with Gasteiger partial charge >= 0.3 is 0 Å². The molecule has 0 amide bonds. The first kappa shape index (κ1) is 22.0. The smallest absolute Gasteiger partial charge is 0.268 e. The third-order valence-corrected chi connectivity index (χ3v) is 8.37. The fraction of sp³-hybridized carbons (Fsp3) is 0.417. The Balaban J connectivity index is 1.93. The topological polar surface area (TPSA) is 62.5 Å². The summed E-state index contributed by atoms with van der Waals surface area (Å²) in [6.45, 7) is 3.77. The summed E-state index contributed by atoms with van der Waals surface area (Å²) in [6.07, 6.45) is 2.26. The summed E-state index contributed by atoms with van der Waals surface area (Å²) in [7, 11) is -1.92. The summed E-state index contributed by atoms with van der Waals surface area (Å²) in [4.78, 5) is 2.37. The minimum atomic E-state index is -3.98. The molecule has 1 N–H and O–H groups in total. The van der Waals surface area contributed by atoms with E-state index in [2.05, 4.69) is 18.9 Å². The van der Waals surface area contributed by atoms with Crippen molar-refractivity contribution in [3.05, 3.63) is 66.1 Å². The average Bonchev–Trinajstić information content (AvgIpc) is 3.15. The predicted molar refractivity (Wildman–Crippen MR) is 120 cm³/mol. The van der Waals surface area contributed by atoms with Crippen LogP contribution in [0.5, 0.6) is 0 Å². The van der Waals surface area contributed by atoms with Crippen LogP contribution >= 0.6 is 0 Å². The van der Waals surface area contributed by atoms with Crippen LogP contribution in [-0.2, 0) is 10.0 Å². The summed E-state index contributed by atoms with van der Waals surface area (Å²) in [6, 6.07) is 13.9. The van der Waals surface area contributed by atoms with Crippen molar-refractivity contribution in [3.8, 4) is 0 Å². The summed E-state index contributed by atoms with van der Waals surface area (Å²) in [5.41, 5.74) is 0.263. The number of hydrogen-bond acceptors (Lipinski definition) is 4. The standard InChI is InChI=1S/C24H29FN2O3S/c1-3-11-24(12-14-26(2)15-13-24)23(28)22-17-18-16-19(25)9-10-21(18)27(22)31(29,30)20-7-5-4-6-8-20/h4-10,16-17,23,28H,3,11-15H2,1-2H3. The molecule has 1 aromatic heterocycles. The molecule has 2 heterocycles. The lowest BCUT2D eigenvalue weighted by Crippen LogP contribution is -2.42. The van der Waals surface area contributed by atoms with E-state index in [9.17, 15) is 17.9 Å². The molecule has 1 fully saturated rings. The van der Waals surface area contributed by atoms with Crippen molar-refractivity contribution in [2.75, 3.05) is 20.1 Å². The Morgan fingerprint density at radius 1 is 1.10 bits per heavy atom. The van der Waals surface area contributed by atoms with E-state index < -0.39 is 27.4 Å². The lowest BCUT2D eigenvalue weighted by molar-refractivity contribution is -0.0307. The Labute approximate surface area is 183 Å². The van der Waals surface area contributed by atoms with Gasteiger partial charge in [-0.05, 0) is 75.8 Å². The van der Waals surface area contributed by atoms with Gasteiger partial charge in [-0.1, -0.05) is 31.5 Å². The average molecular weight is 445 g/mol. The minimum Gasteiger partial charge on any atom is -0.386 e. The van der Waals surface area contributed by atoms with E-state index in [1.807, 2.05) is 0 Å². The van der Waals surface area contributed by atoms with Crippen molar-refractivity contribution in [1.82, 2.24) is 8.87 Å². The lowest BCUT2D eigenvalue weighted by Gasteiger charge is -2.44. The van der Waals surface area contributed by atoms with Gasteiger partial charge in [0, 0.05) is 10.8 Å². The van der Waals surface area contributed by atoms with Crippen molar-refractivity contribution >= 4 is 20.9 Å². The summed E-state index contributed by atoms with van der Waals surface area (Å²) in [5.74, 6) is -0.439. The van der Waals surface area contributed by atoms with Crippen molar-refractivity contribution in [3.63, 3.8) is 0 Å². The van der Waals surface area contributed by atoms with Crippen molar-refractivity contribution in [1.29, 1.82) is 0 Å². The van der Waals surface area contributed by atoms with E-state index in [-0.39, 0.29) is 4.90 Å². The molecule has 7 heteroatoms. The highest BCUT2D eigenvalue weighted by Gasteiger charge is 2.43. The molecular formula is C24H29FN2O3S. The Kier molecular flexibility index (Phi) is 5.94. The quantitative estimate of drug-likeness (QED) is 0.605. The molecule has 1 atom stereocenters. The number of fused-ring (bicyclic) bond motifs is 1. The van der Waals surface area contributed by atoms with Crippen LogP contribution in [-0.4, -0.2) is 42.5 Å². The van der Waals surface area contributed by atoms with Gasteiger partial charge in [0.25, 0.3) is 10.0 Å². The van der Waals surface area contributed by atoms with Crippen LogP contribution in [0.3, 0.4) is 0 Å². The number of aliphatic hydroxyl groups is 1. The fourth-order valence-electron chi connectivity index (χ4n) is 4.87. The lowest BCUT2D eigenvalue weighted by atomic mass is 9.70. The number of hydrogen-bond donors (Lipinski definition) is 1. The number of halogens is 1. The number of aliphatic hydroxyl groups excluding tert-OH is 1. The van der Waals surface area contributed by atoms with E-state index in [1.165, 1.54) is 34.3 Å². The van der Waals surface area contributed by atoms with Gasteiger partial charge in [-0.25, -0.2) is 16.8 Å². The maximum Gasteiger partial charge on any atom is 0.268 e. The Morgan fingerprint density at radius 3 is 2.42 bits per heavy atom. The van der Waals surface area contributed by atoms with E-state index in [0.29, 0.717) is 16.6 Å². The normalized spacial score (nSPS) is 18.3. The minimum absolute atomic E-state index is 0.137. The van der Waals surface area contributed by atoms with Crippen molar-refractivity contribution in [2.45, 2.75) is 43.6 Å². The molecule has 1 unspecified atom stereocenters. The predicted octanol–water partition coefficient (Wildman–Crippen LogP) is 4.56. The monoisotopic (exact) mass is 444 g/mol. The number of benzene rings is 2. The van der Waals surface area contributed by atoms with Crippen molar-refractivity contribution in [2.24, 2.45) is 5.41 Å². The molecule has 31 heavy (non-hydrogen) atoms. The Hall–Kier alpha value is -2.22. The zero-order valence-electron chi connectivity index (χ0n) is 18.0. The van der Waals surface area contributed by atoms with Crippen LogP contribution < -0.4 is 0 Å². The molecule has 0 saturated carbocycles. The Bertz CT molecular complexity index is 1170. The molecule has 0 bridgehead atoms. The van der Waals surface area contributed by atoms with Gasteiger partial charge in [-0.15, -0.1) is 0 Å². The van der Waals surface area contributed by atoms with Gasteiger partial charge in [0.2, 0.25) is 0 Å². The zero-order chi connectivity index (χ0) is 22.2. The van der Waals surface area contributed by atoms with Gasteiger partial charge in [-0.3, -0.25) is 0 Å². The highest BCUT2D eigenvalue weighted by atomic mass is 32.2. The van der Waals surface area contributed by atoms with E-state index >= 15 is 0 Å². The van der Waals surface area contributed by atoms with E-state index in [1.54, 1.807) is 24.3 Å². The molecule has 1 aliphatic heterocycles. The van der Waals surface area contributed by atoms with Crippen LogP contribution in [0.4, 0.5) is 4.39 Å². The molecule has 1 saturated heterocycles. The first-order chi connectivity index (χ1) is 14.8. The SMILES string of the molecule is CCCC1(C(O)c2cc3cc(F)ccc3n2S(=O)(=O)c2ccccc2)CCN(C)CC1. The molecule has 0 spiro atoms. The molecular weight excluding hydrogens is 415 g/mol. The van der Waals surface area contributed by atoms with Gasteiger partial charge in [0.05, 0.1) is 16.1 Å². The van der Waals surface area contributed by atoms with Crippen LogP contribution in [0.15, 0.2) is 59.5 Å². The number of piperidine rings is 1. The van der Waals surface area contributed by atoms with E-state index in [0.717, 1.165) is 38.8 Å². The number of nitrogens with zero attached hydrogens (tertiary/aromatic N) is 2. The molecule has 0 radical (unpaired) electrons. The molecule has 2 aromatic carbocycles. The van der Waals surface area contributed by atoms with Gasteiger partial charge in [0.15, 0.2) is 0 Å². The van der Waals surface area contributed by atoms with Gasteiger partial charge in [-0.2, -0.15) is 0 Å². The first-order valence-corrected chi connectivity index (χ1v) is 12.2. The number of rotatable bonds is 6. The second-order valence-electron chi connectivity index (χ2n) is 8.67. The summed E-state index contributed by atoms with van der Waals surface area (Å²) < 4.78 is 42.5. The van der Waals surface area contributed by atoms with Crippen LogP contribution in [0, 0.1) is 11.2 Å². The van der Waals surface area contributed by atoms with Crippen LogP contribution in [0.2, 0.25) is 0 Å². The third kappa shape index (κ3) is 3.90. The largest absolute Gasteiger partial charge is 0.386 e. The molecule has 166 valence electrons. The van der Waals surface area contributed by atoms with Crippen LogP contribution in [0.25, 0.3) is 10.9 Å². The molecule has 4 rings (SSSR count). The number of likely N-dealkylation sites (tertiary alicyclic amines) is 1. The second-order valence-corrected chi connectivity index (χ2v) is 10.5. The van der Waals surface area contributed by atoms with Crippen LogP contribution in [0.1, 0.15) is 44.4 Å². The van der Waals surface area contributed by atoms with E-state index in [4.69, 9.17) is 0 Å². The first-order valence-electron chi connectivity index (χ1n) is 10.8. The van der Waals surface area contributed by atoms with Crippen molar-refractivity contribution < 1.29 is 17.9 Å². The maximum absolute atomic E-state index is 14.0. The van der Waals surface area contributed by atoms with Gasteiger partial charge in [0.1, 0.15) is 11.9 Å². The summed E-state index contributed by atoms with van der Waals surface area (Å²) in [5, 5.41) is 12.1. The molecule has 1 aliphatic rings. The molecule has 3 aromatic rings.